The van der Waals surface area contributed by atoms with Gasteiger partial charge in [0.1, 0.15) is 42.7 Å². The highest BCUT2D eigenvalue weighted by atomic mass is 31.2. The summed E-state index contributed by atoms with van der Waals surface area (Å²) in [5, 5.41) is 44.0. The lowest BCUT2D eigenvalue weighted by atomic mass is 9.66. The van der Waals surface area contributed by atoms with Gasteiger partial charge < -0.3 is 110 Å². The number of benzene rings is 4. The Morgan fingerprint density at radius 2 is 0.933 bits per heavy atom. The second-order valence-corrected chi connectivity index (χ2v) is 24.7. The Morgan fingerprint density at radius 3 is 1.37 bits per heavy atom. The summed E-state index contributed by atoms with van der Waals surface area (Å²) < 4.78 is 121. The van der Waals surface area contributed by atoms with Crippen molar-refractivity contribution in [3.63, 3.8) is 0 Å². The first-order valence-electron chi connectivity index (χ1n) is 29.2. The molecular formula is C60H70NO28P. The molecule has 8 aliphatic heterocycles. The third kappa shape index (κ3) is 11.1. The minimum absolute atomic E-state index is 0.00148. The van der Waals surface area contributed by atoms with Crippen LogP contribution in [-0.4, -0.2) is 204 Å². The third-order valence-electron chi connectivity index (χ3n) is 18.3. The van der Waals surface area contributed by atoms with Crippen LogP contribution >= 0.6 is 7.82 Å². The number of aliphatic hydroxyl groups excluding tert-OH is 3. The highest BCUT2D eigenvalue weighted by Gasteiger charge is 2.59. The van der Waals surface area contributed by atoms with Crippen LogP contribution in [0.4, 0.5) is 0 Å². The largest absolute Gasteiger partial charge is 0.525 e. The van der Waals surface area contributed by atoms with Crippen molar-refractivity contribution >= 4 is 19.8 Å². The Bertz CT molecular complexity index is 3380. The van der Waals surface area contributed by atoms with Crippen molar-refractivity contribution in [2.45, 2.75) is 112 Å². The monoisotopic (exact) mass is 1280 g/mol. The lowest BCUT2D eigenvalue weighted by Crippen LogP contribution is -2.66. The number of carbonyl (C=O) groups excluding carboxylic acids is 2. The van der Waals surface area contributed by atoms with Gasteiger partial charge in [-0.1, -0.05) is 0 Å². The van der Waals surface area contributed by atoms with Crippen molar-refractivity contribution in [1.82, 2.24) is 4.90 Å². The smallest absolute Gasteiger partial charge is 0.502 e. The zero-order valence-corrected chi connectivity index (χ0v) is 50.9. The van der Waals surface area contributed by atoms with Crippen LogP contribution in [0.5, 0.6) is 57.5 Å². The number of hydrogen-bond donors (Lipinski definition) is 6. The first kappa shape index (κ1) is 62.3. The molecule has 14 rings (SSSR count). The van der Waals surface area contributed by atoms with E-state index in [2.05, 4.69) is 0 Å². The lowest BCUT2D eigenvalue weighted by molar-refractivity contribution is -0.364. The predicted molar refractivity (Wildman–Crippen MR) is 299 cm³/mol. The average Bonchev–Trinajstić information content (AvgIpc) is 1.41. The number of phosphoric ester groups is 1. The van der Waals surface area contributed by atoms with E-state index in [0.29, 0.717) is 56.4 Å². The molecule has 0 aromatic heterocycles. The van der Waals surface area contributed by atoms with Crippen LogP contribution in [0.2, 0.25) is 0 Å². The van der Waals surface area contributed by atoms with Crippen LogP contribution in [-0.2, 0) is 61.5 Å². The van der Waals surface area contributed by atoms with Crippen LogP contribution in [0.1, 0.15) is 71.3 Å². The van der Waals surface area contributed by atoms with Crippen molar-refractivity contribution in [2.24, 2.45) is 23.7 Å². The Kier molecular flexibility index (Phi) is 17.0. The first-order chi connectivity index (χ1) is 43.2. The molecule has 8 unspecified atom stereocenters. The summed E-state index contributed by atoms with van der Waals surface area (Å²) in [5.74, 6) is -2.85. The Morgan fingerprint density at radius 1 is 0.522 bits per heavy atom. The molecule has 4 aromatic carbocycles. The van der Waals surface area contributed by atoms with E-state index in [-0.39, 0.29) is 74.5 Å². The van der Waals surface area contributed by atoms with Crippen LogP contribution < -0.4 is 42.4 Å². The lowest BCUT2D eigenvalue weighted by Gasteiger charge is -2.50. The van der Waals surface area contributed by atoms with E-state index in [1.54, 1.807) is 56.3 Å². The van der Waals surface area contributed by atoms with E-state index in [1.165, 1.54) is 28.4 Å². The van der Waals surface area contributed by atoms with E-state index in [1.807, 2.05) is 25.1 Å². The Labute approximate surface area is 514 Å². The van der Waals surface area contributed by atoms with Crippen molar-refractivity contribution in [3.8, 4) is 57.5 Å². The molecule has 30 heteroatoms. The maximum Gasteiger partial charge on any atom is 0.525 e. The molecule has 8 heterocycles. The van der Waals surface area contributed by atoms with Gasteiger partial charge in [0.05, 0.1) is 85.0 Å². The summed E-state index contributed by atoms with van der Waals surface area (Å²) in [6.45, 7) is 3.92. The SMILES string of the molecule is COc1cc([C@@H]2c3cc4c(cc3C(OC3OC5COC(C)O[C@H]5[C@H](O)[C@@H]3N(C)C)[C@H]3COC(=O)[C@H]23)OCO4)cc(OC)c1OP(=O)(O)O.COc1cc([C@@H]2c3cc4c(cc3C(OC3OC5COC(C)O[C@H]5[C@H](O)[C@@H]3O)[C@H]3COC(=O)[C@H]23)OCO4)cc(OC)c1O. The van der Waals surface area contributed by atoms with Gasteiger partial charge in [-0.25, -0.2) is 4.57 Å². The summed E-state index contributed by atoms with van der Waals surface area (Å²) in [4.78, 5) is 47.9. The molecule has 4 aromatic rings. The van der Waals surface area contributed by atoms with Crippen molar-refractivity contribution in [1.29, 1.82) is 0 Å². The quantitative estimate of drug-likeness (QED) is 0.0827. The van der Waals surface area contributed by atoms with Gasteiger partial charge in [0.2, 0.25) is 25.1 Å². The van der Waals surface area contributed by atoms with Gasteiger partial charge >= 0.3 is 19.8 Å². The fourth-order valence-corrected chi connectivity index (χ4v) is 14.6. The second kappa shape index (κ2) is 24.5. The maximum atomic E-state index is 13.6. The summed E-state index contributed by atoms with van der Waals surface area (Å²) in [5.41, 5.74) is 3.88. The molecule has 6 fully saturated rings. The van der Waals surface area contributed by atoms with Gasteiger partial charge in [-0.15, -0.1) is 0 Å². The summed E-state index contributed by atoms with van der Waals surface area (Å²) in [6.07, 6.45) is -11.2. The highest BCUT2D eigenvalue weighted by Crippen LogP contribution is 2.60. The number of methoxy groups -OCH3 is 4. The number of hydrogen-bond acceptors (Lipinski definition) is 27. The number of nitrogens with zero attached hydrogens (tertiary/aromatic N) is 1. The van der Waals surface area contributed by atoms with Gasteiger partial charge in [0, 0.05) is 23.7 Å². The topological polar surface area (TPSA) is 351 Å². The molecule has 29 nitrogen and oxygen atoms in total. The number of likely N-dealkylation sites (N-methyl/N-ethyl adjacent to an activating group) is 1. The third-order valence-corrected chi connectivity index (χ3v) is 18.7. The number of cyclic esters (lactones) is 2. The molecule has 6 N–H and O–H groups in total. The van der Waals surface area contributed by atoms with E-state index in [9.17, 15) is 44.4 Å². The molecule has 90 heavy (non-hydrogen) atoms. The van der Waals surface area contributed by atoms with Crippen LogP contribution in [0.25, 0.3) is 0 Å². The summed E-state index contributed by atoms with van der Waals surface area (Å²) >= 11 is 0. The number of phosphoric acid groups is 1. The molecule has 20 atom stereocenters. The maximum absolute atomic E-state index is 13.6. The van der Waals surface area contributed by atoms with E-state index in [4.69, 9.17) is 89.8 Å². The molecule has 488 valence electrons. The molecule has 0 amide bonds. The van der Waals surface area contributed by atoms with E-state index < -0.39 is 141 Å². The zero-order valence-electron chi connectivity index (χ0n) is 50.0. The number of carbonyl (C=O) groups is 2. The average molecular weight is 1280 g/mol. The van der Waals surface area contributed by atoms with Crippen LogP contribution in [0.15, 0.2) is 48.5 Å². The Hall–Kier alpha value is -6.51. The van der Waals surface area contributed by atoms with Gasteiger partial charge in [-0.05, 0) is 110 Å². The normalized spacial score (nSPS) is 35.0. The van der Waals surface area contributed by atoms with Gasteiger partial charge in [0.25, 0.3) is 0 Å². The standard InChI is InChI=1S/C31H38NO15P.C29H32O13/c1-13-40-11-22-29(44-13)26(33)25(32(2)3)31(45-22)46-27-16-9-19-18(42-12-43-19)8-15(16)23(24-17(27)10-41-30(24)34)14-6-20(38-4)28(21(7-14)39-5)47-48(35,36)37;1-11-36-9-20-27(40-11)24(31)25(32)29(41-20)42-26-14-7-17-16(38-10-39-17)6-13(14)21(22-15(26)8-37-28(22)33)12-4-18(34-2)23(30)19(5-12)35-3/h6-9,13,17,22-27,29,31,33H,10-12H2,1-5H3,(H2,35,36,37);4-7,11,15,20-22,24-27,29-32H,8-10H2,1-3H3/t13?,17-,22?,23+,24-,25-,26+,27?,29+,31?;11?,15-,20?,21+,22-,24+,25-,26?,27+,29?/m00/s1. The zero-order chi connectivity index (χ0) is 63.4. The van der Waals surface area contributed by atoms with Crippen molar-refractivity contribution < 1.29 is 134 Å². The van der Waals surface area contributed by atoms with Gasteiger partial charge in [0.15, 0.2) is 71.2 Å². The fraction of sp³-hybridized carbons (Fsp3) is 0.567. The number of phenols is 1. The van der Waals surface area contributed by atoms with Crippen molar-refractivity contribution in [2.75, 3.05) is 82.5 Å². The second-order valence-electron chi connectivity index (χ2n) is 23.5. The molecule has 0 spiro atoms. The van der Waals surface area contributed by atoms with Crippen molar-refractivity contribution in [3.05, 3.63) is 81.9 Å². The minimum Gasteiger partial charge on any atom is -0.502 e. The summed E-state index contributed by atoms with van der Waals surface area (Å²) in [6, 6.07) is 13.0. The Balaban J connectivity index is 0.000000167. The van der Waals surface area contributed by atoms with Crippen LogP contribution in [0.3, 0.4) is 0 Å². The minimum atomic E-state index is -4.99. The molecule has 0 radical (unpaired) electrons. The number of phenolic OH excluding ortho intramolecular Hbond substituents is 1. The van der Waals surface area contributed by atoms with E-state index >= 15 is 0 Å². The number of aromatic hydroxyl groups is 1. The number of rotatable bonds is 13. The summed E-state index contributed by atoms with van der Waals surface area (Å²) in [7, 11) is 4.13. The van der Waals surface area contributed by atoms with Gasteiger partial charge in [-0.2, -0.15) is 0 Å². The first-order valence-corrected chi connectivity index (χ1v) is 30.7. The predicted octanol–water partition coefficient (Wildman–Crippen LogP) is 3.01. The fourth-order valence-electron chi connectivity index (χ4n) is 14.2. The number of ether oxygens (including phenoxy) is 18. The molecule has 0 bridgehead atoms. The molecule has 10 aliphatic rings. The van der Waals surface area contributed by atoms with E-state index in [0.717, 1.165) is 0 Å². The molecular weight excluding hydrogens is 1210 g/mol. The number of aliphatic hydroxyl groups is 3. The number of fused-ring (bicyclic) bond motifs is 8. The van der Waals surface area contributed by atoms with Gasteiger partial charge in [-0.3, -0.25) is 24.3 Å². The molecule has 6 saturated heterocycles. The number of esters is 2. The molecule has 2 aliphatic carbocycles. The van der Waals surface area contributed by atoms with Crippen LogP contribution in [0, 0.1) is 23.7 Å². The molecule has 0 saturated carbocycles. The highest BCUT2D eigenvalue weighted by molar-refractivity contribution is 7.46.